The predicted octanol–water partition coefficient (Wildman–Crippen LogP) is 4.89. The third-order valence-electron chi connectivity index (χ3n) is 5.31. The van der Waals surface area contributed by atoms with Crippen LogP contribution >= 0.6 is 11.8 Å². The van der Waals surface area contributed by atoms with Gasteiger partial charge in [-0.3, -0.25) is 9.36 Å². The first-order chi connectivity index (χ1) is 16.0. The number of nitrogens with zero attached hydrogens (tertiary/aromatic N) is 3. The third-order valence-corrected chi connectivity index (χ3v) is 6.24. The third kappa shape index (κ3) is 5.43. The Kier molecular flexibility index (Phi) is 7.10. The van der Waals surface area contributed by atoms with Crippen LogP contribution < -0.4 is 10.1 Å². The van der Waals surface area contributed by atoms with Gasteiger partial charge in [-0.2, -0.15) is 0 Å². The Morgan fingerprint density at radius 1 is 0.939 bits per heavy atom. The van der Waals surface area contributed by atoms with Gasteiger partial charge in [0.25, 0.3) is 0 Å². The lowest BCUT2D eigenvalue weighted by atomic mass is 9.98. The topological polar surface area (TPSA) is 69.0 Å². The molecule has 4 aromatic rings. The van der Waals surface area contributed by atoms with E-state index in [1.54, 1.807) is 7.11 Å². The minimum atomic E-state index is -0.221. The first-order valence-electron chi connectivity index (χ1n) is 10.7. The minimum absolute atomic E-state index is 0.0728. The maximum Gasteiger partial charge on any atom is 0.231 e. The van der Waals surface area contributed by atoms with Crippen molar-refractivity contribution in [2.45, 2.75) is 25.0 Å². The number of hydrogen-bond donors (Lipinski definition) is 1. The van der Waals surface area contributed by atoms with Gasteiger partial charge in [-0.1, -0.05) is 71.9 Å². The molecule has 4 rings (SSSR count). The van der Waals surface area contributed by atoms with Crippen molar-refractivity contribution in [3.05, 3.63) is 101 Å². The molecule has 0 fully saturated rings. The second-order valence-electron chi connectivity index (χ2n) is 7.67. The number of aryl methyl sites for hydroxylation is 2. The van der Waals surface area contributed by atoms with Crippen molar-refractivity contribution in [3.8, 4) is 11.4 Å². The summed E-state index contributed by atoms with van der Waals surface area (Å²) in [5.74, 6) is 1.69. The monoisotopic (exact) mass is 458 g/mol. The Labute approximate surface area is 198 Å². The van der Waals surface area contributed by atoms with E-state index >= 15 is 0 Å². The molecule has 33 heavy (non-hydrogen) atoms. The quantitative estimate of drug-likeness (QED) is 0.381. The number of carbonyl (C=O) groups excluding carboxylic acids is 1. The number of rotatable bonds is 8. The molecule has 1 amide bonds. The number of ether oxygens (including phenoxy) is 1. The largest absolute Gasteiger partial charge is 0.497 e. The first kappa shape index (κ1) is 22.6. The van der Waals surface area contributed by atoms with E-state index in [1.807, 2.05) is 66.1 Å². The van der Waals surface area contributed by atoms with E-state index in [0.717, 1.165) is 28.4 Å². The molecule has 1 atom stereocenters. The van der Waals surface area contributed by atoms with E-state index < -0.39 is 0 Å². The van der Waals surface area contributed by atoms with Crippen LogP contribution in [0.25, 0.3) is 5.69 Å². The molecule has 1 N–H and O–H groups in total. The highest BCUT2D eigenvalue weighted by Gasteiger charge is 2.19. The number of methoxy groups -OCH3 is 1. The zero-order valence-corrected chi connectivity index (χ0v) is 19.7. The van der Waals surface area contributed by atoms with Crippen LogP contribution in [0.4, 0.5) is 0 Å². The summed E-state index contributed by atoms with van der Waals surface area (Å²) in [6.45, 7) is 3.95. The molecule has 7 heteroatoms. The Morgan fingerprint density at radius 3 is 2.27 bits per heavy atom. The Hall–Kier alpha value is -3.58. The van der Waals surface area contributed by atoms with Crippen LogP contribution in [0.1, 0.15) is 28.6 Å². The lowest BCUT2D eigenvalue weighted by Gasteiger charge is -2.20. The number of carbonyl (C=O) groups is 1. The fourth-order valence-corrected chi connectivity index (χ4v) is 4.37. The molecular formula is C26H26N4O2S. The van der Waals surface area contributed by atoms with Crippen molar-refractivity contribution >= 4 is 17.7 Å². The first-order valence-corrected chi connectivity index (χ1v) is 11.6. The van der Waals surface area contributed by atoms with E-state index in [9.17, 15) is 4.79 Å². The van der Waals surface area contributed by atoms with E-state index in [4.69, 9.17) is 4.74 Å². The van der Waals surface area contributed by atoms with E-state index in [-0.39, 0.29) is 17.7 Å². The van der Waals surface area contributed by atoms with Crippen molar-refractivity contribution < 1.29 is 9.53 Å². The molecule has 168 valence electrons. The molecule has 1 aromatic heterocycles. The van der Waals surface area contributed by atoms with Gasteiger partial charge in [-0.15, -0.1) is 10.2 Å². The number of nitrogens with one attached hydrogen (secondary N) is 1. The molecule has 0 saturated heterocycles. The number of hydrogen-bond acceptors (Lipinski definition) is 5. The SMILES string of the molecule is COc1ccc(-n2c(C)nnc2SCC(=O)NC(c2ccccc2)c2ccc(C)cc2)cc1. The lowest BCUT2D eigenvalue weighted by molar-refractivity contribution is -0.119. The van der Waals surface area contributed by atoms with Crippen LogP contribution in [0.15, 0.2) is 84.0 Å². The molecule has 0 saturated carbocycles. The smallest absolute Gasteiger partial charge is 0.231 e. The molecule has 0 bridgehead atoms. The fraction of sp³-hybridized carbons (Fsp3) is 0.192. The summed E-state index contributed by atoms with van der Waals surface area (Å²) in [5, 5.41) is 12.3. The van der Waals surface area contributed by atoms with Crippen molar-refractivity contribution in [2.24, 2.45) is 0 Å². The Balaban J connectivity index is 1.49. The van der Waals surface area contributed by atoms with E-state index in [0.29, 0.717) is 5.16 Å². The molecule has 0 aliphatic rings. The van der Waals surface area contributed by atoms with Crippen LogP contribution in [-0.2, 0) is 4.79 Å². The van der Waals surface area contributed by atoms with Gasteiger partial charge in [-0.05, 0) is 49.2 Å². The van der Waals surface area contributed by atoms with Gasteiger partial charge in [0.15, 0.2) is 5.16 Å². The maximum atomic E-state index is 13.0. The summed E-state index contributed by atoms with van der Waals surface area (Å²) in [7, 11) is 1.64. The van der Waals surface area contributed by atoms with Crippen molar-refractivity contribution in [1.82, 2.24) is 20.1 Å². The summed E-state index contributed by atoms with van der Waals surface area (Å²) in [6.07, 6.45) is 0. The van der Waals surface area contributed by atoms with E-state index in [2.05, 4.69) is 46.7 Å². The van der Waals surface area contributed by atoms with Crippen LogP contribution in [0.2, 0.25) is 0 Å². The van der Waals surface area contributed by atoms with Crippen LogP contribution in [0.3, 0.4) is 0 Å². The molecule has 0 radical (unpaired) electrons. The summed E-state index contributed by atoms with van der Waals surface area (Å²) >= 11 is 1.36. The average molecular weight is 459 g/mol. The van der Waals surface area contributed by atoms with E-state index in [1.165, 1.54) is 17.3 Å². The second-order valence-corrected chi connectivity index (χ2v) is 8.62. The summed E-state index contributed by atoms with van der Waals surface area (Å²) in [6, 6.07) is 25.7. The highest BCUT2D eigenvalue weighted by molar-refractivity contribution is 7.99. The highest BCUT2D eigenvalue weighted by atomic mass is 32.2. The maximum absolute atomic E-state index is 13.0. The molecule has 1 unspecified atom stereocenters. The van der Waals surface area contributed by atoms with Crippen molar-refractivity contribution in [1.29, 1.82) is 0 Å². The highest BCUT2D eigenvalue weighted by Crippen LogP contribution is 2.25. The van der Waals surface area contributed by atoms with Crippen LogP contribution in [0.5, 0.6) is 5.75 Å². The molecule has 0 spiro atoms. The van der Waals surface area contributed by atoms with Gasteiger partial charge < -0.3 is 10.1 Å². The minimum Gasteiger partial charge on any atom is -0.497 e. The zero-order valence-electron chi connectivity index (χ0n) is 18.9. The van der Waals surface area contributed by atoms with Crippen LogP contribution in [-0.4, -0.2) is 33.5 Å². The Morgan fingerprint density at radius 2 is 1.61 bits per heavy atom. The molecule has 6 nitrogen and oxygen atoms in total. The zero-order chi connectivity index (χ0) is 23.2. The normalized spacial score (nSPS) is 11.7. The summed E-state index contributed by atoms with van der Waals surface area (Å²) in [4.78, 5) is 13.0. The van der Waals surface area contributed by atoms with Gasteiger partial charge in [0, 0.05) is 5.69 Å². The average Bonchev–Trinajstić information content (AvgIpc) is 3.22. The van der Waals surface area contributed by atoms with Crippen molar-refractivity contribution in [3.63, 3.8) is 0 Å². The Bertz CT molecular complexity index is 1210. The van der Waals surface area contributed by atoms with Gasteiger partial charge in [0.05, 0.1) is 18.9 Å². The molecule has 3 aromatic carbocycles. The molecule has 0 aliphatic heterocycles. The molecular weight excluding hydrogens is 432 g/mol. The number of benzene rings is 3. The summed E-state index contributed by atoms with van der Waals surface area (Å²) < 4.78 is 7.18. The number of thioether (sulfide) groups is 1. The number of aromatic nitrogens is 3. The van der Waals surface area contributed by atoms with Gasteiger partial charge in [0.2, 0.25) is 5.91 Å². The standard InChI is InChI=1S/C26H26N4O2S/c1-18-9-11-21(12-10-18)25(20-7-5-4-6-8-20)27-24(31)17-33-26-29-28-19(2)30(26)22-13-15-23(32-3)16-14-22/h4-16,25H,17H2,1-3H3,(H,27,31). The predicted molar refractivity (Wildman–Crippen MR) is 131 cm³/mol. The van der Waals surface area contributed by atoms with Gasteiger partial charge in [0.1, 0.15) is 11.6 Å². The molecule has 0 aliphatic carbocycles. The van der Waals surface area contributed by atoms with Crippen LogP contribution in [0, 0.1) is 13.8 Å². The second kappa shape index (κ2) is 10.4. The summed E-state index contributed by atoms with van der Waals surface area (Å²) in [5.41, 5.74) is 4.18. The van der Waals surface area contributed by atoms with Gasteiger partial charge in [-0.25, -0.2) is 0 Å². The van der Waals surface area contributed by atoms with Crippen molar-refractivity contribution in [2.75, 3.05) is 12.9 Å². The fourth-order valence-electron chi connectivity index (χ4n) is 3.56. The molecule has 1 heterocycles. The van der Waals surface area contributed by atoms with Gasteiger partial charge >= 0.3 is 0 Å². The lowest BCUT2D eigenvalue weighted by Crippen LogP contribution is -2.30. The number of amides is 1.